The first-order valence-corrected chi connectivity index (χ1v) is 26.7. The highest BCUT2D eigenvalue weighted by atomic mass is 19.1. The lowest BCUT2D eigenvalue weighted by atomic mass is 9.91. The predicted octanol–water partition coefficient (Wildman–Crippen LogP) is 11.5. The Morgan fingerprint density at radius 2 is 0.800 bits per heavy atom. The fraction of sp³-hybridized carbons (Fsp3) is 0.136. The fourth-order valence-electron chi connectivity index (χ4n) is 9.91. The Bertz CT molecular complexity index is 4430. The van der Waals surface area contributed by atoms with Gasteiger partial charge in [0.15, 0.2) is 58.6 Å². The molecule has 0 spiro atoms. The lowest BCUT2D eigenvalue weighted by Gasteiger charge is -2.10. The van der Waals surface area contributed by atoms with Crippen LogP contribution in [0.2, 0.25) is 0 Å². The monoisotopic (exact) mass is 1140 g/mol. The number of fused-ring (bicyclic) bond motifs is 12. The second-order valence-electron chi connectivity index (χ2n) is 19.6. The van der Waals surface area contributed by atoms with E-state index in [9.17, 15) is 47.5 Å². The Morgan fingerprint density at radius 3 is 1.27 bits per heavy atom. The summed E-state index contributed by atoms with van der Waals surface area (Å²) in [7, 11) is 0. The second kappa shape index (κ2) is 23.4. The molecule has 0 unspecified atom stereocenters. The van der Waals surface area contributed by atoms with E-state index in [0.29, 0.717) is 105 Å². The van der Waals surface area contributed by atoms with Crippen LogP contribution in [0.25, 0.3) is 45.2 Å². The van der Waals surface area contributed by atoms with Gasteiger partial charge in [0, 0.05) is 70.7 Å². The average molecular weight is 1140 g/mol. The number of ketones is 8. The molecule has 4 aliphatic rings. The molecule has 0 fully saturated rings. The van der Waals surface area contributed by atoms with Crippen molar-refractivity contribution >= 4 is 52.2 Å². The third kappa shape index (κ3) is 11.0. The van der Waals surface area contributed by atoms with E-state index in [2.05, 4.69) is 19.9 Å². The number of oxazole rings is 4. The molecule has 19 heteroatoms. The summed E-state index contributed by atoms with van der Waals surface area (Å²) >= 11 is 0. The quantitative estimate of drug-likeness (QED) is 0.0960. The maximum absolute atomic E-state index is 13.2. The maximum Gasteiger partial charge on any atom is 0.303 e. The zero-order valence-electron chi connectivity index (χ0n) is 45.5. The van der Waals surface area contributed by atoms with Crippen molar-refractivity contribution in [1.82, 2.24) is 19.9 Å². The summed E-state index contributed by atoms with van der Waals surface area (Å²) in [5.41, 5.74) is 7.55. The molecule has 10 aromatic rings. The van der Waals surface area contributed by atoms with Crippen molar-refractivity contribution in [3.63, 3.8) is 0 Å². The molecule has 85 heavy (non-hydrogen) atoms. The minimum atomic E-state index is -0.712. The number of rotatable bonds is 9. The smallest absolute Gasteiger partial charge is 0.303 e. The lowest BCUT2D eigenvalue weighted by molar-refractivity contribution is -0.142. The van der Waals surface area contributed by atoms with Gasteiger partial charge in [-0.1, -0.05) is 140 Å². The van der Waals surface area contributed by atoms with Gasteiger partial charge in [-0.3, -0.25) is 43.2 Å². The van der Waals surface area contributed by atoms with Crippen molar-refractivity contribution in [2.45, 2.75) is 59.5 Å². The van der Waals surface area contributed by atoms with Crippen molar-refractivity contribution in [3.05, 3.63) is 237 Å². The fourth-order valence-corrected chi connectivity index (χ4v) is 9.91. The molecule has 4 heterocycles. The number of ether oxygens (including phenoxy) is 1. The van der Waals surface area contributed by atoms with Gasteiger partial charge in [0.1, 0.15) is 11.5 Å². The molecule has 6 aromatic carbocycles. The minimum absolute atomic E-state index is 0.0316. The molecule has 4 aliphatic carbocycles. The van der Waals surface area contributed by atoms with Gasteiger partial charge >= 0.3 is 5.97 Å². The van der Waals surface area contributed by atoms with Gasteiger partial charge in [0.2, 0.25) is 34.8 Å². The van der Waals surface area contributed by atoms with Crippen molar-refractivity contribution in [3.8, 4) is 45.2 Å². The van der Waals surface area contributed by atoms with Crippen LogP contribution >= 0.6 is 0 Å². The number of esters is 1. The number of benzene rings is 6. The number of carbonyl (C=O) groups excluding carboxylic acids is 9. The molecule has 14 rings (SSSR count). The van der Waals surface area contributed by atoms with E-state index in [-0.39, 0.29) is 46.9 Å². The summed E-state index contributed by atoms with van der Waals surface area (Å²) in [5.74, 6) is -2.98. The molecule has 18 nitrogen and oxygen atoms in total. The molecule has 4 aromatic heterocycles. The topological polar surface area (TPSA) is 267 Å². The van der Waals surface area contributed by atoms with E-state index in [1.54, 1.807) is 91.0 Å². The normalized spacial score (nSPS) is 13.0. The summed E-state index contributed by atoms with van der Waals surface area (Å²) in [6.07, 6.45) is 3.01. The average Bonchev–Trinajstić information content (AvgIpc) is 2.98. The number of hydrogen-bond acceptors (Lipinski definition) is 18. The number of carbonyl (C=O) groups is 9. The number of nitrogens with zero attached hydrogens (tertiary/aromatic N) is 4. The molecule has 0 atom stereocenters. The van der Waals surface area contributed by atoms with E-state index < -0.39 is 52.2 Å². The van der Waals surface area contributed by atoms with E-state index in [4.69, 9.17) is 22.4 Å². The van der Waals surface area contributed by atoms with Crippen LogP contribution in [0, 0.1) is 12.7 Å². The van der Waals surface area contributed by atoms with Crippen LogP contribution in [0.1, 0.15) is 138 Å². The summed E-state index contributed by atoms with van der Waals surface area (Å²) in [5, 5.41) is 0. The number of Topliss-reactive ketones (excluding diaryl/α,β-unsaturated/α-hetero) is 8. The van der Waals surface area contributed by atoms with E-state index in [1.807, 2.05) is 56.3 Å². The van der Waals surface area contributed by atoms with E-state index in [1.165, 1.54) is 24.6 Å². The van der Waals surface area contributed by atoms with Crippen LogP contribution in [0.5, 0.6) is 0 Å². The van der Waals surface area contributed by atoms with Crippen LogP contribution < -0.4 is 0 Å². The SMILES string of the molecule is CC(=O)OCc1nc2c(o1)-c1ccccc1C(=O)C2=O.CCc1nc2c(o1)C(=O)C(=O)c1ccccc1-2.Cc1cc(F)ccc1CCc1nc2c(o1)-c1ccccc1C(=O)C2=O.O=C1C(=O)c2nc(CCc3ccccc3)oc2-c2ccccc21. The van der Waals surface area contributed by atoms with Gasteiger partial charge in [0.05, 0.1) is 0 Å². The van der Waals surface area contributed by atoms with Crippen LogP contribution in [-0.2, 0) is 48.2 Å². The highest BCUT2D eigenvalue weighted by Gasteiger charge is 2.39. The molecule has 0 radical (unpaired) electrons. The first-order chi connectivity index (χ1) is 41.1. The number of halogens is 1. The predicted molar refractivity (Wildman–Crippen MR) is 300 cm³/mol. The lowest BCUT2D eigenvalue weighted by Crippen LogP contribution is -2.20. The molecular weight excluding hydrogens is 1090 g/mol. The Hall–Kier alpha value is -11.1. The van der Waals surface area contributed by atoms with Gasteiger partial charge in [-0.2, -0.15) is 0 Å². The van der Waals surface area contributed by atoms with Gasteiger partial charge in [-0.05, 0) is 48.6 Å². The second-order valence-corrected chi connectivity index (χ2v) is 19.6. The third-order valence-corrected chi connectivity index (χ3v) is 14.1. The number of aromatic nitrogens is 4. The number of hydrogen-bond donors (Lipinski definition) is 0. The van der Waals surface area contributed by atoms with Crippen molar-refractivity contribution in [1.29, 1.82) is 0 Å². The van der Waals surface area contributed by atoms with Gasteiger partial charge in [0.25, 0.3) is 23.1 Å². The summed E-state index contributed by atoms with van der Waals surface area (Å²) in [4.78, 5) is 124. The molecule has 0 bridgehead atoms. The zero-order chi connectivity index (χ0) is 59.6. The van der Waals surface area contributed by atoms with Gasteiger partial charge < -0.3 is 22.4 Å². The summed E-state index contributed by atoms with van der Waals surface area (Å²) in [6, 6.07) is 42.1. The Balaban J connectivity index is 0.000000119. The van der Waals surface area contributed by atoms with Crippen LogP contribution in [-0.4, -0.2) is 72.2 Å². The van der Waals surface area contributed by atoms with Crippen molar-refractivity contribution < 1.29 is 69.9 Å². The van der Waals surface area contributed by atoms with Crippen molar-refractivity contribution in [2.24, 2.45) is 0 Å². The Morgan fingerprint density at radius 1 is 0.412 bits per heavy atom. The molecule has 0 saturated carbocycles. The Kier molecular flexibility index (Phi) is 15.4. The molecule has 0 amide bonds. The van der Waals surface area contributed by atoms with Gasteiger partial charge in [-0.25, -0.2) is 24.3 Å². The Labute approximate surface area is 481 Å². The van der Waals surface area contributed by atoms with Gasteiger partial charge in [-0.15, -0.1) is 0 Å². The first-order valence-electron chi connectivity index (χ1n) is 26.7. The van der Waals surface area contributed by atoms with Crippen LogP contribution in [0.3, 0.4) is 0 Å². The van der Waals surface area contributed by atoms with E-state index in [0.717, 1.165) is 17.5 Å². The number of aryl methyl sites for hydroxylation is 6. The van der Waals surface area contributed by atoms with Crippen LogP contribution in [0.4, 0.5) is 4.39 Å². The molecule has 0 aliphatic heterocycles. The summed E-state index contributed by atoms with van der Waals surface area (Å²) in [6.45, 7) is 4.81. The third-order valence-electron chi connectivity index (χ3n) is 14.1. The van der Waals surface area contributed by atoms with Crippen LogP contribution in [0.15, 0.2) is 163 Å². The largest absolute Gasteiger partial charge is 0.456 e. The highest BCUT2D eigenvalue weighted by Crippen LogP contribution is 2.38. The maximum atomic E-state index is 13.2. The first kappa shape index (κ1) is 55.8. The van der Waals surface area contributed by atoms with Crippen molar-refractivity contribution in [2.75, 3.05) is 0 Å². The molecule has 0 N–H and O–H groups in total. The molecule has 420 valence electrons. The summed E-state index contributed by atoms with van der Waals surface area (Å²) < 4.78 is 40.3. The molecular formula is C66H45FN4O14. The standard InChI is InChI=1S/C20H14FNO3.C19H13NO3.C14H9NO5.C13H9NO3/c1-11-10-13(21)8-6-12(11)7-9-16-22-17-19(24)18(23)14-4-2-3-5-15(14)20(17)25-16;21-17-13-8-4-5-9-14(13)19-16(18(17)22)20-15(23-19)11-10-12-6-2-1-3-7-12;1-7(16)19-6-10-15-11-13(18)12(17)8-4-2-3-5-9(8)14(11)20-10;1-2-9-14-10-7-5-3-4-6-8(7)11(15)12(16)13(10)17-9/h2-6,8,10H,7,9H2,1H3;1-9H,10-11H2;2-5H,6H2,1H3;3-6H,2H2,1H3. The zero-order valence-corrected chi connectivity index (χ0v) is 45.5. The highest BCUT2D eigenvalue weighted by molar-refractivity contribution is 6.54. The minimum Gasteiger partial charge on any atom is -0.456 e. The molecule has 0 saturated heterocycles. The van der Waals surface area contributed by atoms with E-state index >= 15 is 0 Å².